The van der Waals surface area contributed by atoms with E-state index in [-0.39, 0.29) is 27.5 Å². The average molecular weight is 533 g/mol. The van der Waals surface area contributed by atoms with Crippen LogP contribution in [0.25, 0.3) is 0 Å². The Hall–Kier alpha value is -3.94. The first-order chi connectivity index (χ1) is 17.5. The molecule has 0 bridgehead atoms. The van der Waals surface area contributed by atoms with Gasteiger partial charge >= 0.3 is 0 Å². The fraction of sp³-hybridized carbons (Fsp3) is 0.103. The van der Waals surface area contributed by atoms with Gasteiger partial charge in [0.2, 0.25) is 0 Å². The number of benzene rings is 4. The van der Waals surface area contributed by atoms with Gasteiger partial charge in [-0.25, -0.2) is 8.42 Å². The summed E-state index contributed by atoms with van der Waals surface area (Å²) >= 11 is 6.14. The Morgan fingerprint density at radius 3 is 2.14 bits per heavy atom. The molecule has 0 aliphatic rings. The van der Waals surface area contributed by atoms with E-state index in [1.54, 1.807) is 67.6 Å². The van der Waals surface area contributed by atoms with Gasteiger partial charge in [0.25, 0.3) is 15.9 Å². The molecule has 0 aliphatic heterocycles. The van der Waals surface area contributed by atoms with E-state index in [1.807, 2.05) is 19.9 Å². The highest BCUT2D eigenvalue weighted by atomic mass is 35.5. The van der Waals surface area contributed by atoms with Crippen molar-refractivity contribution in [3.63, 3.8) is 0 Å². The van der Waals surface area contributed by atoms with Crippen LogP contribution in [-0.2, 0) is 10.0 Å². The molecule has 2 N–H and O–H groups in total. The monoisotopic (exact) mass is 532 g/mol. The summed E-state index contributed by atoms with van der Waals surface area (Å²) in [7, 11) is -3.97. The molecule has 0 unspecified atom stereocenters. The van der Waals surface area contributed by atoms with E-state index in [0.717, 1.165) is 11.1 Å². The van der Waals surface area contributed by atoms with Crippen LogP contribution in [0.4, 0.5) is 11.4 Å². The van der Waals surface area contributed by atoms with Crippen LogP contribution in [0.3, 0.4) is 0 Å². The number of aryl methyl sites for hydroxylation is 3. The van der Waals surface area contributed by atoms with Crippen LogP contribution >= 0.6 is 11.6 Å². The lowest BCUT2D eigenvalue weighted by molar-refractivity contribution is 0.102. The number of hydrogen-bond acceptors (Lipinski definition) is 4. The molecule has 188 valence electrons. The minimum Gasteiger partial charge on any atom is -0.321 e. The van der Waals surface area contributed by atoms with Gasteiger partial charge in [0, 0.05) is 27.4 Å². The number of amides is 1. The molecule has 0 heterocycles. The third-order valence-corrected chi connectivity index (χ3v) is 7.77. The largest absolute Gasteiger partial charge is 0.321 e. The molecular formula is C29H25ClN2O4S. The number of carbonyl (C=O) groups is 2. The molecule has 37 heavy (non-hydrogen) atoms. The van der Waals surface area contributed by atoms with Crippen molar-refractivity contribution in [2.45, 2.75) is 25.7 Å². The van der Waals surface area contributed by atoms with E-state index in [0.29, 0.717) is 21.8 Å². The van der Waals surface area contributed by atoms with Crippen molar-refractivity contribution in [1.82, 2.24) is 0 Å². The van der Waals surface area contributed by atoms with Gasteiger partial charge in [-0.1, -0.05) is 54.1 Å². The second-order valence-electron chi connectivity index (χ2n) is 8.72. The summed E-state index contributed by atoms with van der Waals surface area (Å²) in [5.41, 5.74) is 3.98. The summed E-state index contributed by atoms with van der Waals surface area (Å²) in [5, 5.41) is 3.08. The Morgan fingerprint density at radius 1 is 0.730 bits per heavy atom. The molecule has 6 nitrogen and oxygen atoms in total. The Kier molecular flexibility index (Phi) is 7.47. The van der Waals surface area contributed by atoms with Crippen molar-refractivity contribution in [3.05, 3.63) is 123 Å². The van der Waals surface area contributed by atoms with Crippen molar-refractivity contribution in [3.8, 4) is 0 Å². The van der Waals surface area contributed by atoms with Gasteiger partial charge in [-0.2, -0.15) is 0 Å². The first-order valence-electron chi connectivity index (χ1n) is 11.5. The number of rotatable bonds is 7. The Labute approximate surface area is 221 Å². The van der Waals surface area contributed by atoms with E-state index < -0.39 is 15.9 Å². The maximum atomic E-state index is 13.2. The molecule has 0 atom stereocenters. The van der Waals surface area contributed by atoms with Crippen LogP contribution < -0.4 is 10.0 Å². The maximum absolute atomic E-state index is 13.2. The minimum absolute atomic E-state index is 0.0185. The predicted octanol–water partition coefficient (Wildman–Crippen LogP) is 6.55. The Bertz CT molecular complexity index is 1620. The van der Waals surface area contributed by atoms with Crippen molar-refractivity contribution >= 4 is 44.7 Å². The summed E-state index contributed by atoms with van der Waals surface area (Å²) in [6, 6.07) is 23.0. The molecule has 4 rings (SSSR count). The molecule has 4 aromatic carbocycles. The summed E-state index contributed by atoms with van der Waals surface area (Å²) in [4.78, 5) is 26.2. The highest BCUT2D eigenvalue weighted by Crippen LogP contribution is 2.26. The summed E-state index contributed by atoms with van der Waals surface area (Å²) in [5.74, 6) is -0.866. The Morgan fingerprint density at radius 2 is 1.43 bits per heavy atom. The second kappa shape index (κ2) is 10.6. The molecule has 0 saturated carbocycles. The van der Waals surface area contributed by atoms with Crippen molar-refractivity contribution in [1.29, 1.82) is 0 Å². The SMILES string of the molecule is Cc1ccc(NS(=O)(=O)c2cc(C(=O)Nc3ccc(Cl)cc3C(=O)c3ccccc3)ccc2C)cc1C. The van der Waals surface area contributed by atoms with E-state index in [2.05, 4.69) is 10.0 Å². The maximum Gasteiger partial charge on any atom is 0.262 e. The van der Waals surface area contributed by atoms with Gasteiger partial charge in [-0.15, -0.1) is 0 Å². The van der Waals surface area contributed by atoms with E-state index in [1.165, 1.54) is 18.2 Å². The van der Waals surface area contributed by atoms with Gasteiger partial charge in [-0.3, -0.25) is 14.3 Å². The number of ketones is 1. The lowest BCUT2D eigenvalue weighted by Gasteiger charge is -2.14. The first kappa shape index (κ1) is 26.1. The highest BCUT2D eigenvalue weighted by molar-refractivity contribution is 7.92. The van der Waals surface area contributed by atoms with Gasteiger partial charge in [-0.05, 0) is 79.9 Å². The molecule has 0 saturated heterocycles. The standard InChI is InChI=1S/C29H25ClN2O4S/c1-18-10-13-24(15-20(18)3)32-37(35,36)27-16-22(11-9-19(27)2)29(34)31-26-14-12-23(30)17-25(26)28(33)21-7-5-4-6-8-21/h4-17,32H,1-3H3,(H,31,34). The molecule has 0 fully saturated rings. The molecule has 0 spiro atoms. The smallest absolute Gasteiger partial charge is 0.262 e. The molecule has 8 heteroatoms. The zero-order valence-electron chi connectivity index (χ0n) is 20.5. The highest BCUT2D eigenvalue weighted by Gasteiger charge is 2.21. The summed E-state index contributed by atoms with van der Waals surface area (Å²) in [6.45, 7) is 5.50. The van der Waals surface area contributed by atoms with Crippen LogP contribution in [0.1, 0.15) is 43.0 Å². The lowest BCUT2D eigenvalue weighted by atomic mass is 10.0. The molecule has 0 aromatic heterocycles. The quantitative estimate of drug-likeness (QED) is 0.264. The molecule has 4 aromatic rings. The van der Waals surface area contributed by atoms with Crippen molar-refractivity contribution in [2.24, 2.45) is 0 Å². The predicted molar refractivity (Wildman–Crippen MR) is 147 cm³/mol. The zero-order chi connectivity index (χ0) is 26.7. The van der Waals surface area contributed by atoms with E-state index in [4.69, 9.17) is 11.6 Å². The van der Waals surface area contributed by atoms with Crippen LogP contribution in [0.2, 0.25) is 5.02 Å². The Balaban J connectivity index is 1.63. The summed E-state index contributed by atoms with van der Waals surface area (Å²) < 4.78 is 29.0. The van der Waals surface area contributed by atoms with Gasteiger partial charge in [0.05, 0.1) is 10.6 Å². The number of hydrogen-bond donors (Lipinski definition) is 2. The third kappa shape index (κ3) is 5.90. The molecule has 1 amide bonds. The number of sulfonamides is 1. The number of nitrogens with one attached hydrogen (secondary N) is 2. The minimum atomic E-state index is -3.97. The van der Waals surface area contributed by atoms with Crippen LogP contribution in [0.5, 0.6) is 0 Å². The van der Waals surface area contributed by atoms with Crippen molar-refractivity contribution in [2.75, 3.05) is 10.0 Å². The average Bonchev–Trinajstić information content (AvgIpc) is 2.87. The lowest BCUT2D eigenvalue weighted by Crippen LogP contribution is -2.18. The van der Waals surface area contributed by atoms with Gasteiger partial charge in [0.1, 0.15) is 0 Å². The van der Waals surface area contributed by atoms with Crippen LogP contribution in [-0.4, -0.2) is 20.1 Å². The number of halogens is 1. The summed E-state index contributed by atoms with van der Waals surface area (Å²) in [6.07, 6.45) is 0. The topological polar surface area (TPSA) is 92.3 Å². The first-order valence-corrected chi connectivity index (χ1v) is 13.3. The van der Waals surface area contributed by atoms with E-state index >= 15 is 0 Å². The van der Waals surface area contributed by atoms with Crippen LogP contribution in [0, 0.1) is 20.8 Å². The molecule has 0 radical (unpaired) electrons. The fourth-order valence-electron chi connectivity index (χ4n) is 3.80. The number of carbonyl (C=O) groups excluding carboxylic acids is 2. The molecular weight excluding hydrogens is 508 g/mol. The van der Waals surface area contributed by atoms with E-state index in [9.17, 15) is 18.0 Å². The zero-order valence-corrected chi connectivity index (χ0v) is 22.1. The fourth-order valence-corrected chi connectivity index (χ4v) is 5.29. The third-order valence-electron chi connectivity index (χ3n) is 6.01. The van der Waals surface area contributed by atoms with Gasteiger partial charge < -0.3 is 5.32 Å². The normalized spacial score (nSPS) is 11.1. The van der Waals surface area contributed by atoms with Gasteiger partial charge in [0.15, 0.2) is 5.78 Å². The van der Waals surface area contributed by atoms with Crippen LogP contribution in [0.15, 0.2) is 89.8 Å². The number of anilines is 2. The second-order valence-corrected chi connectivity index (χ2v) is 10.8. The molecule has 0 aliphatic carbocycles. The van der Waals surface area contributed by atoms with Crippen molar-refractivity contribution < 1.29 is 18.0 Å².